The Morgan fingerprint density at radius 3 is 2.33 bits per heavy atom. The van der Waals surface area contributed by atoms with Crippen LogP contribution in [0.4, 0.5) is 4.39 Å². The van der Waals surface area contributed by atoms with Gasteiger partial charge < -0.3 is 0 Å². The lowest BCUT2D eigenvalue weighted by Gasteiger charge is -1.98. The lowest BCUT2D eigenvalue weighted by molar-refractivity contribution is -0.895. The van der Waals surface area contributed by atoms with Crippen LogP contribution in [-0.4, -0.2) is 0 Å². The highest BCUT2D eigenvalue weighted by Crippen LogP contribution is 1.97. The van der Waals surface area contributed by atoms with E-state index in [2.05, 4.69) is 0 Å². The van der Waals surface area contributed by atoms with Crippen LogP contribution in [0, 0.1) is 5.82 Å². The molecule has 0 aliphatic rings. The van der Waals surface area contributed by atoms with E-state index in [9.17, 15) is 4.39 Å². The molecule has 15 heavy (non-hydrogen) atoms. The summed E-state index contributed by atoms with van der Waals surface area (Å²) in [6.45, 7) is 0.469. The number of benzene rings is 1. The average Bonchev–Trinajstić information content (AvgIpc) is 2.30. The minimum Gasteiger partial charge on any atom is -0.267 e. The first-order valence-corrected chi connectivity index (χ1v) is 4.68. The molecule has 0 saturated carbocycles. The minimum atomic E-state index is -0.269. The molecule has 0 radical (unpaired) electrons. The molecule has 3 heteroatoms. The minimum absolute atomic E-state index is 0.269. The molecule has 2 rings (SSSR count). The maximum atomic E-state index is 12.6. The maximum absolute atomic E-state index is 12.6. The highest BCUT2D eigenvalue weighted by atomic mass is 19.1. The van der Waals surface area contributed by atoms with E-state index in [4.69, 9.17) is 4.84 Å². The molecule has 0 N–H and O–H groups in total. The van der Waals surface area contributed by atoms with Gasteiger partial charge in [-0.1, -0.05) is 30.3 Å². The lowest BCUT2D eigenvalue weighted by atomic mass is 10.2. The Morgan fingerprint density at radius 1 is 1.00 bits per heavy atom. The molecule has 0 aliphatic heterocycles. The topological polar surface area (TPSA) is 13.1 Å². The largest absolute Gasteiger partial charge is 0.267 e. The van der Waals surface area contributed by atoms with Gasteiger partial charge in [-0.3, -0.25) is 4.84 Å². The molecule has 0 atom stereocenters. The van der Waals surface area contributed by atoms with Crippen LogP contribution in [0.15, 0.2) is 54.9 Å². The average molecular weight is 204 g/mol. The highest BCUT2D eigenvalue weighted by Gasteiger charge is 2.01. The second-order valence-electron chi connectivity index (χ2n) is 3.14. The molecule has 76 valence electrons. The Bertz CT molecular complexity index is 413. The molecule has 0 unspecified atom stereocenters. The van der Waals surface area contributed by atoms with E-state index in [-0.39, 0.29) is 5.82 Å². The molecule has 1 heterocycles. The van der Waals surface area contributed by atoms with Gasteiger partial charge >= 0.3 is 0 Å². The van der Waals surface area contributed by atoms with Crippen molar-refractivity contribution in [2.45, 2.75) is 6.61 Å². The van der Waals surface area contributed by atoms with Gasteiger partial charge in [0.15, 0.2) is 6.61 Å². The van der Waals surface area contributed by atoms with E-state index in [1.54, 1.807) is 0 Å². The molecule has 0 fully saturated rings. The van der Waals surface area contributed by atoms with E-state index in [0.29, 0.717) is 6.61 Å². The van der Waals surface area contributed by atoms with E-state index in [0.717, 1.165) is 5.56 Å². The predicted molar refractivity (Wildman–Crippen MR) is 53.3 cm³/mol. The van der Waals surface area contributed by atoms with Crippen molar-refractivity contribution in [3.8, 4) is 0 Å². The van der Waals surface area contributed by atoms with E-state index >= 15 is 0 Å². The monoisotopic (exact) mass is 204 g/mol. The fourth-order valence-corrected chi connectivity index (χ4v) is 1.20. The van der Waals surface area contributed by atoms with Crippen molar-refractivity contribution in [3.05, 3.63) is 66.2 Å². The zero-order valence-electron chi connectivity index (χ0n) is 8.14. The van der Waals surface area contributed by atoms with Gasteiger partial charge in [0, 0.05) is 16.9 Å². The second kappa shape index (κ2) is 4.55. The summed E-state index contributed by atoms with van der Waals surface area (Å²) < 4.78 is 14.1. The molecule has 1 aromatic carbocycles. The van der Waals surface area contributed by atoms with Gasteiger partial charge in [-0.2, -0.15) is 0 Å². The standard InChI is InChI=1S/C12H11FNO/c13-12-6-8-14(9-7-12)15-10-11-4-2-1-3-5-11/h1-9H,10H2/q+1. The van der Waals surface area contributed by atoms with Crippen LogP contribution in [0.3, 0.4) is 0 Å². The zero-order chi connectivity index (χ0) is 10.5. The quantitative estimate of drug-likeness (QED) is 0.694. The van der Waals surface area contributed by atoms with Crippen LogP contribution in [0.25, 0.3) is 0 Å². The van der Waals surface area contributed by atoms with Crippen molar-refractivity contribution in [1.29, 1.82) is 0 Å². The number of nitrogens with zero attached hydrogens (tertiary/aromatic N) is 1. The van der Waals surface area contributed by atoms with Crippen molar-refractivity contribution in [2.75, 3.05) is 0 Å². The first kappa shape index (κ1) is 9.65. The third kappa shape index (κ3) is 2.77. The van der Waals surface area contributed by atoms with Crippen LogP contribution in [-0.2, 0) is 6.61 Å². The summed E-state index contributed by atoms with van der Waals surface area (Å²) in [5, 5.41) is 0. The maximum Gasteiger partial charge on any atom is 0.225 e. The van der Waals surface area contributed by atoms with E-state index < -0.39 is 0 Å². The molecule has 0 saturated heterocycles. The van der Waals surface area contributed by atoms with Crippen molar-refractivity contribution < 1.29 is 14.0 Å². The third-order valence-corrected chi connectivity index (χ3v) is 1.98. The van der Waals surface area contributed by atoms with Gasteiger partial charge in [0.2, 0.25) is 12.4 Å². The SMILES string of the molecule is Fc1cc[n+](OCc2ccccc2)cc1. The molecular formula is C12H11FNO+. The van der Waals surface area contributed by atoms with Gasteiger partial charge in [0.25, 0.3) is 0 Å². The van der Waals surface area contributed by atoms with Crippen LogP contribution in [0.2, 0.25) is 0 Å². The fraction of sp³-hybridized carbons (Fsp3) is 0.0833. The van der Waals surface area contributed by atoms with Crippen LogP contribution in [0.1, 0.15) is 5.56 Å². The fourth-order valence-electron chi connectivity index (χ4n) is 1.20. The van der Waals surface area contributed by atoms with Crippen molar-refractivity contribution in [2.24, 2.45) is 0 Å². The first-order valence-electron chi connectivity index (χ1n) is 4.68. The summed E-state index contributed by atoms with van der Waals surface area (Å²) in [5.41, 5.74) is 1.08. The molecule has 2 nitrogen and oxygen atoms in total. The second-order valence-corrected chi connectivity index (χ2v) is 3.14. The zero-order valence-corrected chi connectivity index (χ0v) is 8.14. The molecule has 2 aromatic rings. The van der Waals surface area contributed by atoms with Gasteiger partial charge in [0.1, 0.15) is 5.82 Å². The Kier molecular flexibility index (Phi) is 2.93. The highest BCUT2D eigenvalue weighted by molar-refractivity contribution is 5.13. The van der Waals surface area contributed by atoms with Crippen LogP contribution >= 0.6 is 0 Å². The Hall–Kier alpha value is -1.90. The predicted octanol–water partition coefficient (Wildman–Crippen LogP) is 1.74. The number of rotatable bonds is 3. The summed E-state index contributed by atoms with van der Waals surface area (Å²) >= 11 is 0. The normalized spacial score (nSPS) is 9.93. The summed E-state index contributed by atoms with van der Waals surface area (Å²) in [5.74, 6) is -0.269. The van der Waals surface area contributed by atoms with Gasteiger partial charge in [0.05, 0.1) is 0 Å². The molecule has 0 amide bonds. The first-order chi connectivity index (χ1) is 7.34. The molecular weight excluding hydrogens is 193 g/mol. The Balaban J connectivity index is 1.96. The van der Waals surface area contributed by atoms with Crippen molar-refractivity contribution in [1.82, 2.24) is 0 Å². The summed E-state index contributed by atoms with van der Waals surface area (Å²) in [6, 6.07) is 12.5. The number of aromatic nitrogens is 1. The lowest BCUT2D eigenvalue weighted by Crippen LogP contribution is -2.41. The number of halogens is 1. The Labute approximate surface area is 87.5 Å². The number of hydrogen-bond donors (Lipinski definition) is 0. The number of hydrogen-bond acceptors (Lipinski definition) is 1. The smallest absolute Gasteiger partial charge is 0.225 e. The van der Waals surface area contributed by atoms with Crippen molar-refractivity contribution in [3.63, 3.8) is 0 Å². The molecule has 1 aromatic heterocycles. The third-order valence-electron chi connectivity index (χ3n) is 1.98. The summed E-state index contributed by atoms with van der Waals surface area (Å²) in [4.78, 5) is 5.40. The molecule has 0 aliphatic carbocycles. The van der Waals surface area contributed by atoms with E-state index in [1.165, 1.54) is 29.3 Å². The Morgan fingerprint density at radius 2 is 1.67 bits per heavy atom. The van der Waals surface area contributed by atoms with Gasteiger partial charge in [-0.15, -0.1) is 0 Å². The summed E-state index contributed by atoms with van der Waals surface area (Å²) in [7, 11) is 0. The van der Waals surface area contributed by atoms with Crippen molar-refractivity contribution >= 4 is 0 Å². The van der Waals surface area contributed by atoms with Crippen LogP contribution in [0.5, 0.6) is 0 Å². The summed E-state index contributed by atoms with van der Waals surface area (Å²) in [6.07, 6.45) is 3.08. The van der Waals surface area contributed by atoms with Gasteiger partial charge in [-0.25, -0.2) is 4.39 Å². The van der Waals surface area contributed by atoms with E-state index in [1.807, 2.05) is 30.3 Å². The van der Waals surface area contributed by atoms with Gasteiger partial charge in [-0.05, 0) is 5.56 Å². The molecule has 0 spiro atoms. The number of pyridine rings is 1. The van der Waals surface area contributed by atoms with Crippen LogP contribution < -0.4 is 9.57 Å². The molecule has 0 bridgehead atoms.